The Balaban J connectivity index is 3.52. The predicted molar refractivity (Wildman–Crippen MR) is 196 cm³/mol. The summed E-state index contributed by atoms with van der Waals surface area (Å²) in [4.78, 5) is 11.5. The molecule has 0 aliphatic heterocycles. The van der Waals surface area contributed by atoms with E-state index < -0.39 is 0 Å². The molecule has 0 atom stereocenters. The highest BCUT2D eigenvalue weighted by atomic mass is 16.6. The molecular formula is C41H78O4. The summed E-state index contributed by atoms with van der Waals surface area (Å²) in [6.07, 6.45) is 45.8. The first kappa shape index (κ1) is 43.9. The molecule has 0 fully saturated rings. The number of esters is 1. The molecule has 4 heteroatoms. The number of allylic oxidation sites excluding steroid dienone is 4. The van der Waals surface area contributed by atoms with Gasteiger partial charge in [0.2, 0.25) is 0 Å². The lowest BCUT2D eigenvalue weighted by Crippen LogP contribution is -2.28. The largest absolute Gasteiger partial charge is 0.458 e. The van der Waals surface area contributed by atoms with Crippen LogP contribution in [0, 0.1) is 0 Å². The lowest BCUT2D eigenvalue weighted by atomic mass is 10.1. The minimum absolute atomic E-state index is 0.262. The number of unbranched alkanes of at least 4 members (excludes halogenated alkanes) is 24. The second-order valence-electron chi connectivity index (χ2n) is 13.3. The molecule has 0 saturated carbocycles. The normalized spacial score (nSPS) is 11.9. The van der Waals surface area contributed by atoms with Crippen LogP contribution in [-0.2, 0) is 19.0 Å². The van der Waals surface area contributed by atoms with Gasteiger partial charge in [-0.1, -0.05) is 154 Å². The number of hydrogen-bond donors (Lipinski definition) is 0. The third-order valence-electron chi connectivity index (χ3n) is 8.54. The maximum atomic E-state index is 11.5. The van der Waals surface area contributed by atoms with E-state index in [9.17, 15) is 4.79 Å². The van der Waals surface area contributed by atoms with Gasteiger partial charge in [0.1, 0.15) is 6.10 Å². The molecule has 0 unspecified atom stereocenters. The van der Waals surface area contributed by atoms with Crippen LogP contribution < -0.4 is 0 Å². The van der Waals surface area contributed by atoms with Crippen LogP contribution in [0.1, 0.15) is 201 Å². The molecule has 0 aromatic rings. The number of hydrogen-bond acceptors (Lipinski definition) is 4. The molecule has 0 bridgehead atoms. The van der Waals surface area contributed by atoms with E-state index in [0.717, 1.165) is 26.1 Å². The van der Waals surface area contributed by atoms with Crippen LogP contribution >= 0.6 is 0 Å². The molecule has 0 amide bonds. The standard InChI is InChI=1S/C41H78O4/c1-4-6-8-10-12-14-16-18-20-22-24-26-28-30-32-34-36-43-38-41(45-40(3)42)39-44-37-35-33-31-29-27-25-23-21-19-17-15-13-11-9-7-5-2/h18-21,41H,4-17,22-39H2,1-3H3/b20-18-,21-19-. The van der Waals surface area contributed by atoms with Gasteiger partial charge in [-0.25, -0.2) is 0 Å². The highest BCUT2D eigenvalue weighted by molar-refractivity contribution is 5.66. The molecule has 0 aliphatic carbocycles. The summed E-state index contributed by atoms with van der Waals surface area (Å²) < 4.78 is 17.1. The molecule has 266 valence electrons. The van der Waals surface area contributed by atoms with Gasteiger partial charge in [0, 0.05) is 20.1 Å². The van der Waals surface area contributed by atoms with E-state index in [1.54, 1.807) is 0 Å². The van der Waals surface area contributed by atoms with Crippen molar-refractivity contribution < 1.29 is 19.0 Å². The Hall–Kier alpha value is -1.13. The summed E-state index contributed by atoms with van der Waals surface area (Å²) in [6, 6.07) is 0. The Morgan fingerprint density at radius 2 is 0.733 bits per heavy atom. The Kier molecular flexibility index (Phi) is 38.1. The van der Waals surface area contributed by atoms with Crippen LogP contribution in [0.3, 0.4) is 0 Å². The Bertz CT molecular complexity index is 583. The van der Waals surface area contributed by atoms with Gasteiger partial charge in [0.15, 0.2) is 0 Å². The zero-order valence-electron chi connectivity index (χ0n) is 30.6. The lowest BCUT2D eigenvalue weighted by molar-refractivity contribution is -0.153. The zero-order valence-corrected chi connectivity index (χ0v) is 30.6. The first-order valence-corrected chi connectivity index (χ1v) is 19.8. The van der Waals surface area contributed by atoms with Gasteiger partial charge in [-0.05, 0) is 64.2 Å². The van der Waals surface area contributed by atoms with Gasteiger partial charge in [0.25, 0.3) is 0 Å². The highest BCUT2D eigenvalue weighted by Gasteiger charge is 2.12. The van der Waals surface area contributed by atoms with Crippen molar-refractivity contribution in [1.82, 2.24) is 0 Å². The molecule has 0 heterocycles. The number of carbonyl (C=O) groups excluding carboxylic acids is 1. The molecule has 0 saturated heterocycles. The van der Waals surface area contributed by atoms with Crippen LogP contribution in [0.2, 0.25) is 0 Å². The van der Waals surface area contributed by atoms with Crippen LogP contribution in [-0.4, -0.2) is 38.5 Å². The summed E-state index contributed by atoms with van der Waals surface area (Å²) in [5.74, 6) is -0.262. The molecule has 0 aromatic heterocycles. The van der Waals surface area contributed by atoms with E-state index >= 15 is 0 Å². The molecule has 0 N–H and O–H groups in total. The first-order valence-electron chi connectivity index (χ1n) is 19.8. The molecule has 0 spiro atoms. The van der Waals surface area contributed by atoms with Gasteiger partial charge in [-0.15, -0.1) is 0 Å². The molecular weight excluding hydrogens is 556 g/mol. The zero-order chi connectivity index (χ0) is 32.7. The number of carbonyl (C=O) groups is 1. The average Bonchev–Trinajstić information content (AvgIpc) is 3.03. The van der Waals surface area contributed by atoms with Gasteiger partial charge in [-0.2, -0.15) is 0 Å². The summed E-state index contributed by atoms with van der Waals surface area (Å²) in [5.41, 5.74) is 0. The summed E-state index contributed by atoms with van der Waals surface area (Å²) in [5, 5.41) is 0. The average molecular weight is 635 g/mol. The van der Waals surface area contributed by atoms with Crippen molar-refractivity contribution in [2.24, 2.45) is 0 Å². The maximum Gasteiger partial charge on any atom is 0.303 e. The Morgan fingerprint density at radius 3 is 1.04 bits per heavy atom. The summed E-state index contributed by atoms with van der Waals surface area (Å²) >= 11 is 0. The fraction of sp³-hybridized carbons (Fsp3) is 0.878. The van der Waals surface area contributed by atoms with Crippen LogP contribution in [0.4, 0.5) is 0 Å². The predicted octanol–water partition coefficient (Wildman–Crippen LogP) is 13.0. The van der Waals surface area contributed by atoms with E-state index in [0.29, 0.717) is 13.2 Å². The van der Waals surface area contributed by atoms with Crippen LogP contribution in [0.5, 0.6) is 0 Å². The van der Waals surface area contributed by atoms with Gasteiger partial charge >= 0.3 is 5.97 Å². The van der Waals surface area contributed by atoms with Crippen molar-refractivity contribution in [2.45, 2.75) is 207 Å². The van der Waals surface area contributed by atoms with E-state index in [4.69, 9.17) is 14.2 Å². The lowest BCUT2D eigenvalue weighted by Gasteiger charge is -2.17. The topological polar surface area (TPSA) is 44.8 Å². The quantitative estimate of drug-likeness (QED) is 0.0387. The van der Waals surface area contributed by atoms with Gasteiger partial charge in [-0.3, -0.25) is 4.79 Å². The minimum Gasteiger partial charge on any atom is -0.458 e. The third kappa shape index (κ3) is 39.0. The van der Waals surface area contributed by atoms with Gasteiger partial charge in [0.05, 0.1) is 13.2 Å². The SMILES string of the molecule is CCCCCCCC/C=C\CCCCCCCCOCC(COCCCCCCCC/C=C\CCCCCCCC)OC(C)=O. The molecule has 45 heavy (non-hydrogen) atoms. The van der Waals surface area contributed by atoms with Crippen LogP contribution in [0.15, 0.2) is 24.3 Å². The van der Waals surface area contributed by atoms with Crippen molar-refractivity contribution in [2.75, 3.05) is 26.4 Å². The Morgan fingerprint density at radius 1 is 0.444 bits per heavy atom. The highest BCUT2D eigenvalue weighted by Crippen LogP contribution is 2.12. The molecule has 0 rings (SSSR count). The number of rotatable bonds is 37. The second-order valence-corrected chi connectivity index (χ2v) is 13.3. The van der Waals surface area contributed by atoms with E-state index in [-0.39, 0.29) is 12.1 Å². The van der Waals surface area contributed by atoms with E-state index in [1.807, 2.05) is 0 Å². The maximum absolute atomic E-state index is 11.5. The summed E-state index contributed by atoms with van der Waals surface area (Å²) in [7, 11) is 0. The van der Waals surface area contributed by atoms with Crippen molar-refractivity contribution in [3.05, 3.63) is 24.3 Å². The monoisotopic (exact) mass is 635 g/mol. The first-order chi connectivity index (χ1) is 22.2. The fourth-order valence-electron chi connectivity index (χ4n) is 5.68. The third-order valence-corrected chi connectivity index (χ3v) is 8.54. The molecule has 0 aromatic carbocycles. The second kappa shape index (κ2) is 39.1. The molecule has 0 aliphatic rings. The summed E-state index contributed by atoms with van der Waals surface area (Å²) in [6.45, 7) is 8.34. The minimum atomic E-state index is -0.300. The fourth-order valence-corrected chi connectivity index (χ4v) is 5.68. The van der Waals surface area contributed by atoms with Crippen molar-refractivity contribution >= 4 is 5.97 Å². The van der Waals surface area contributed by atoms with Gasteiger partial charge < -0.3 is 14.2 Å². The van der Waals surface area contributed by atoms with Crippen LogP contribution in [0.25, 0.3) is 0 Å². The van der Waals surface area contributed by atoms with Crippen molar-refractivity contribution in [1.29, 1.82) is 0 Å². The molecule has 4 nitrogen and oxygen atoms in total. The van der Waals surface area contributed by atoms with Crippen molar-refractivity contribution in [3.63, 3.8) is 0 Å². The molecule has 0 radical (unpaired) electrons. The van der Waals surface area contributed by atoms with E-state index in [2.05, 4.69) is 38.2 Å². The van der Waals surface area contributed by atoms with Crippen molar-refractivity contribution in [3.8, 4) is 0 Å². The smallest absolute Gasteiger partial charge is 0.303 e. The van der Waals surface area contributed by atoms with E-state index in [1.165, 1.54) is 174 Å². The Labute approximate surface area is 281 Å². The number of ether oxygens (including phenoxy) is 3.